The van der Waals surface area contributed by atoms with Gasteiger partial charge in [-0.15, -0.1) is 0 Å². The molecule has 78 valence electrons. The molecule has 0 aliphatic heterocycles. The van der Waals surface area contributed by atoms with Gasteiger partial charge in [0.15, 0.2) is 0 Å². The zero-order valence-electron chi connectivity index (χ0n) is 8.70. The van der Waals surface area contributed by atoms with Gasteiger partial charge in [-0.3, -0.25) is 4.98 Å². The van der Waals surface area contributed by atoms with E-state index >= 15 is 0 Å². The molecule has 15 heavy (non-hydrogen) atoms. The summed E-state index contributed by atoms with van der Waals surface area (Å²) in [5.41, 5.74) is 1.96. The first-order valence-electron chi connectivity index (χ1n) is 4.79. The Labute approximate surface area is 97.4 Å². The highest BCUT2D eigenvalue weighted by Crippen LogP contribution is 2.21. The summed E-state index contributed by atoms with van der Waals surface area (Å²) >= 11 is 3.44. The number of ether oxygens (including phenoxy) is 1. The second-order valence-electron chi connectivity index (χ2n) is 3.45. The molecule has 1 unspecified atom stereocenters. The van der Waals surface area contributed by atoms with Crippen LogP contribution in [0.5, 0.6) is 0 Å². The van der Waals surface area contributed by atoms with Gasteiger partial charge in [0.1, 0.15) is 0 Å². The highest BCUT2D eigenvalue weighted by Gasteiger charge is 2.05. The van der Waals surface area contributed by atoms with E-state index in [1.54, 1.807) is 7.11 Å². The summed E-state index contributed by atoms with van der Waals surface area (Å²) in [4.78, 5) is 4.54. The van der Waals surface area contributed by atoms with Crippen LogP contribution in [-0.4, -0.2) is 12.1 Å². The third kappa shape index (κ3) is 2.19. The molecule has 0 spiro atoms. The normalized spacial score (nSPS) is 13.0. The van der Waals surface area contributed by atoms with E-state index in [0.29, 0.717) is 0 Å². The molecule has 0 saturated carbocycles. The molecule has 1 atom stereocenters. The summed E-state index contributed by atoms with van der Waals surface area (Å²) in [6, 6.07) is 10.1. The fraction of sp³-hybridized carbons (Fsp3) is 0.250. The van der Waals surface area contributed by atoms with Crippen LogP contribution in [-0.2, 0) is 4.74 Å². The molecular formula is C12H12BrNO. The summed E-state index contributed by atoms with van der Waals surface area (Å²) in [7, 11) is 1.69. The predicted molar refractivity (Wildman–Crippen MR) is 64.9 cm³/mol. The molecule has 2 aromatic rings. The van der Waals surface area contributed by atoms with Crippen molar-refractivity contribution in [2.24, 2.45) is 0 Å². The molecule has 2 rings (SSSR count). The van der Waals surface area contributed by atoms with Gasteiger partial charge in [-0.2, -0.15) is 0 Å². The number of aromatic nitrogens is 1. The number of fused-ring (bicyclic) bond motifs is 1. The molecule has 0 amide bonds. The molecule has 0 radical (unpaired) electrons. The fourth-order valence-electron chi connectivity index (χ4n) is 1.46. The lowest BCUT2D eigenvalue weighted by Gasteiger charge is -2.09. The van der Waals surface area contributed by atoms with Crippen molar-refractivity contribution in [2.75, 3.05) is 7.11 Å². The Bertz CT molecular complexity index is 484. The quantitative estimate of drug-likeness (QED) is 0.826. The van der Waals surface area contributed by atoms with Crippen molar-refractivity contribution < 1.29 is 4.74 Å². The molecule has 1 aromatic carbocycles. The second-order valence-corrected chi connectivity index (χ2v) is 4.37. The van der Waals surface area contributed by atoms with Crippen molar-refractivity contribution in [2.45, 2.75) is 13.0 Å². The minimum atomic E-state index is 0.0399. The largest absolute Gasteiger partial charge is 0.375 e. The third-order valence-electron chi connectivity index (χ3n) is 2.44. The van der Waals surface area contributed by atoms with Crippen LogP contribution in [0.25, 0.3) is 10.9 Å². The van der Waals surface area contributed by atoms with Crippen LogP contribution >= 0.6 is 15.9 Å². The molecule has 0 bridgehead atoms. The summed E-state index contributed by atoms with van der Waals surface area (Å²) in [6.07, 6.45) is 0.0399. The van der Waals surface area contributed by atoms with E-state index in [4.69, 9.17) is 4.74 Å². The number of hydrogen-bond donors (Lipinski definition) is 0. The van der Waals surface area contributed by atoms with Crippen molar-refractivity contribution in [3.63, 3.8) is 0 Å². The second kappa shape index (κ2) is 4.29. The number of hydrogen-bond acceptors (Lipinski definition) is 2. The van der Waals surface area contributed by atoms with Crippen LogP contribution < -0.4 is 0 Å². The van der Waals surface area contributed by atoms with Gasteiger partial charge < -0.3 is 4.74 Å². The van der Waals surface area contributed by atoms with Crippen LogP contribution in [0, 0.1) is 0 Å². The van der Waals surface area contributed by atoms with Gasteiger partial charge >= 0.3 is 0 Å². The van der Waals surface area contributed by atoms with Gasteiger partial charge in [0.25, 0.3) is 0 Å². The lowest BCUT2D eigenvalue weighted by atomic mass is 10.1. The molecule has 0 saturated heterocycles. The summed E-state index contributed by atoms with van der Waals surface area (Å²) in [5.74, 6) is 0. The Balaban J connectivity index is 2.52. The van der Waals surface area contributed by atoms with Gasteiger partial charge in [0.2, 0.25) is 0 Å². The minimum absolute atomic E-state index is 0.0399. The van der Waals surface area contributed by atoms with Crippen molar-refractivity contribution in [3.05, 3.63) is 40.5 Å². The van der Waals surface area contributed by atoms with Gasteiger partial charge in [-0.05, 0) is 31.2 Å². The standard InChI is InChI=1S/C12H12BrNO/c1-8(15-2)11-5-3-9-7-10(13)4-6-12(9)14-11/h3-8H,1-2H3. The zero-order valence-corrected chi connectivity index (χ0v) is 10.3. The number of rotatable bonds is 2. The molecule has 1 heterocycles. The van der Waals surface area contributed by atoms with E-state index in [0.717, 1.165) is 21.1 Å². The first kappa shape index (κ1) is 10.6. The van der Waals surface area contributed by atoms with Crippen LogP contribution in [0.15, 0.2) is 34.8 Å². The summed E-state index contributed by atoms with van der Waals surface area (Å²) in [6.45, 7) is 1.99. The van der Waals surface area contributed by atoms with E-state index in [-0.39, 0.29) is 6.10 Å². The molecule has 0 aliphatic carbocycles. The molecule has 0 fully saturated rings. The first-order chi connectivity index (χ1) is 7.20. The lowest BCUT2D eigenvalue weighted by Crippen LogP contribution is -1.98. The van der Waals surface area contributed by atoms with Crippen molar-refractivity contribution >= 4 is 26.8 Å². The minimum Gasteiger partial charge on any atom is -0.375 e. The van der Waals surface area contributed by atoms with Crippen LogP contribution in [0.2, 0.25) is 0 Å². The van der Waals surface area contributed by atoms with Crippen molar-refractivity contribution in [3.8, 4) is 0 Å². The van der Waals surface area contributed by atoms with E-state index in [1.807, 2.05) is 25.1 Å². The van der Waals surface area contributed by atoms with Crippen molar-refractivity contribution in [1.29, 1.82) is 0 Å². The zero-order chi connectivity index (χ0) is 10.8. The van der Waals surface area contributed by atoms with Crippen molar-refractivity contribution in [1.82, 2.24) is 4.98 Å². The van der Waals surface area contributed by atoms with Crippen LogP contribution in [0.4, 0.5) is 0 Å². The maximum Gasteiger partial charge on any atom is 0.0963 e. The summed E-state index contributed by atoms with van der Waals surface area (Å²) in [5, 5.41) is 1.14. The van der Waals surface area contributed by atoms with E-state index in [9.17, 15) is 0 Å². The maximum absolute atomic E-state index is 5.24. The monoisotopic (exact) mass is 265 g/mol. The Morgan fingerprint density at radius 3 is 2.80 bits per heavy atom. The molecule has 0 aliphatic rings. The smallest absolute Gasteiger partial charge is 0.0963 e. The third-order valence-corrected chi connectivity index (χ3v) is 2.94. The highest BCUT2D eigenvalue weighted by molar-refractivity contribution is 9.10. The SMILES string of the molecule is COC(C)c1ccc2cc(Br)ccc2n1. The molecule has 0 N–H and O–H groups in total. The lowest BCUT2D eigenvalue weighted by molar-refractivity contribution is 0.116. The number of halogens is 1. The number of benzene rings is 1. The highest BCUT2D eigenvalue weighted by atomic mass is 79.9. The average molecular weight is 266 g/mol. The van der Waals surface area contributed by atoms with Gasteiger partial charge in [-0.1, -0.05) is 22.0 Å². The van der Waals surface area contributed by atoms with Crippen LogP contribution in [0.3, 0.4) is 0 Å². The van der Waals surface area contributed by atoms with Gasteiger partial charge in [-0.25, -0.2) is 0 Å². The maximum atomic E-state index is 5.24. The van der Waals surface area contributed by atoms with E-state index in [1.165, 1.54) is 0 Å². The topological polar surface area (TPSA) is 22.1 Å². The molecule has 1 aromatic heterocycles. The predicted octanol–water partition coefficient (Wildman–Crippen LogP) is 3.70. The first-order valence-corrected chi connectivity index (χ1v) is 5.59. The number of pyridine rings is 1. The Morgan fingerprint density at radius 2 is 2.07 bits per heavy atom. The van der Waals surface area contributed by atoms with Gasteiger partial charge in [0, 0.05) is 17.0 Å². The molecular weight excluding hydrogens is 254 g/mol. The van der Waals surface area contributed by atoms with Gasteiger partial charge in [0.05, 0.1) is 17.3 Å². The Morgan fingerprint density at radius 1 is 1.27 bits per heavy atom. The molecule has 2 nitrogen and oxygen atoms in total. The van der Waals surface area contributed by atoms with Crippen LogP contribution in [0.1, 0.15) is 18.7 Å². The summed E-state index contributed by atoms with van der Waals surface area (Å²) < 4.78 is 6.31. The van der Waals surface area contributed by atoms with E-state index in [2.05, 4.69) is 33.0 Å². The average Bonchev–Trinajstić information content (AvgIpc) is 2.27. The fourth-order valence-corrected chi connectivity index (χ4v) is 1.84. The Kier molecular flexibility index (Phi) is 3.03. The molecule has 3 heteroatoms. The Hall–Kier alpha value is -0.930. The van der Waals surface area contributed by atoms with E-state index < -0.39 is 0 Å². The number of methoxy groups -OCH3 is 1. The number of nitrogens with zero attached hydrogens (tertiary/aromatic N) is 1.